The minimum Gasteiger partial charge on any atom is -0.379 e. The van der Waals surface area contributed by atoms with Gasteiger partial charge in [0.1, 0.15) is 0 Å². The summed E-state index contributed by atoms with van der Waals surface area (Å²) in [5, 5.41) is 6.60. The van der Waals surface area contributed by atoms with Crippen molar-refractivity contribution in [1.82, 2.24) is 10.6 Å². The predicted octanol–water partition coefficient (Wildman–Crippen LogP) is 1.60. The first-order valence-electron chi connectivity index (χ1n) is 7.96. The van der Waals surface area contributed by atoms with Crippen LogP contribution in [0.2, 0.25) is 0 Å². The van der Waals surface area contributed by atoms with Crippen LogP contribution in [0.15, 0.2) is 30.3 Å². The van der Waals surface area contributed by atoms with E-state index in [-0.39, 0.29) is 17.4 Å². The van der Waals surface area contributed by atoms with E-state index in [0.29, 0.717) is 6.61 Å². The van der Waals surface area contributed by atoms with Gasteiger partial charge in [0, 0.05) is 6.61 Å². The van der Waals surface area contributed by atoms with Crippen LogP contribution in [-0.4, -0.2) is 38.3 Å². The molecule has 2 saturated heterocycles. The van der Waals surface area contributed by atoms with Crippen molar-refractivity contribution in [1.29, 1.82) is 0 Å². The van der Waals surface area contributed by atoms with E-state index in [1.807, 2.05) is 18.2 Å². The summed E-state index contributed by atoms with van der Waals surface area (Å²) in [5.74, 6) is 0.172. The van der Waals surface area contributed by atoms with Crippen LogP contribution >= 0.6 is 0 Å². The summed E-state index contributed by atoms with van der Waals surface area (Å²) in [4.78, 5) is 13.0. The lowest BCUT2D eigenvalue weighted by Crippen LogP contribution is -2.54. The van der Waals surface area contributed by atoms with E-state index in [1.54, 1.807) is 0 Å². The highest BCUT2D eigenvalue weighted by Crippen LogP contribution is 2.34. The van der Waals surface area contributed by atoms with Crippen molar-refractivity contribution in [2.75, 3.05) is 26.3 Å². The summed E-state index contributed by atoms with van der Waals surface area (Å²) in [6.07, 6.45) is 3.77. The van der Waals surface area contributed by atoms with Gasteiger partial charge in [-0.1, -0.05) is 30.3 Å². The largest absolute Gasteiger partial charge is 0.379 e. The molecule has 114 valence electrons. The lowest BCUT2D eigenvalue weighted by atomic mass is 9.72. The van der Waals surface area contributed by atoms with Gasteiger partial charge < -0.3 is 15.4 Å². The number of hydrogen-bond acceptors (Lipinski definition) is 3. The standard InChI is InChI=1S/C17H24N2O2/c20-16(19-15-7-4-12-21-13-15)17(8-10-18-11-9-17)14-5-2-1-3-6-14/h1-3,5-6,15,18H,4,7-13H2,(H,19,20). The SMILES string of the molecule is O=C(NC1CCCOC1)C1(c2ccccc2)CCNCC1. The van der Waals surface area contributed by atoms with Gasteiger partial charge in [-0.05, 0) is 44.3 Å². The maximum atomic E-state index is 13.0. The smallest absolute Gasteiger partial charge is 0.231 e. The fourth-order valence-corrected chi connectivity index (χ4v) is 3.44. The van der Waals surface area contributed by atoms with E-state index >= 15 is 0 Å². The molecule has 2 aliphatic heterocycles. The maximum Gasteiger partial charge on any atom is 0.231 e. The Labute approximate surface area is 126 Å². The average Bonchev–Trinajstić information content (AvgIpc) is 2.57. The third kappa shape index (κ3) is 3.11. The fraction of sp³-hybridized carbons (Fsp3) is 0.588. The van der Waals surface area contributed by atoms with Gasteiger partial charge >= 0.3 is 0 Å². The first-order chi connectivity index (χ1) is 10.3. The molecule has 3 rings (SSSR count). The third-order valence-electron chi connectivity index (χ3n) is 4.71. The second-order valence-corrected chi connectivity index (χ2v) is 6.09. The van der Waals surface area contributed by atoms with Crippen LogP contribution in [0.5, 0.6) is 0 Å². The number of ether oxygens (including phenoxy) is 1. The molecule has 2 aliphatic rings. The molecule has 1 unspecified atom stereocenters. The molecule has 4 heteroatoms. The van der Waals surface area contributed by atoms with Crippen LogP contribution in [0, 0.1) is 0 Å². The van der Waals surface area contributed by atoms with Gasteiger partial charge in [0.15, 0.2) is 0 Å². The average molecular weight is 288 g/mol. The van der Waals surface area contributed by atoms with Gasteiger partial charge in [-0.2, -0.15) is 0 Å². The predicted molar refractivity (Wildman–Crippen MR) is 82.2 cm³/mol. The second kappa shape index (κ2) is 6.58. The topological polar surface area (TPSA) is 50.4 Å². The number of carbonyl (C=O) groups excluding carboxylic acids is 1. The molecular formula is C17H24N2O2. The van der Waals surface area contributed by atoms with Crippen molar-refractivity contribution in [2.45, 2.75) is 37.1 Å². The van der Waals surface area contributed by atoms with E-state index in [2.05, 4.69) is 22.8 Å². The van der Waals surface area contributed by atoms with Gasteiger partial charge in [0.2, 0.25) is 5.91 Å². The van der Waals surface area contributed by atoms with E-state index in [9.17, 15) is 4.79 Å². The summed E-state index contributed by atoms with van der Waals surface area (Å²) in [7, 11) is 0. The molecule has 2 heterocycles. The molecule has 2 fully saturated rings. The highest BCUT2D eigenvalue weighted by atomic mass is 16.5. The number of piperidine rings is 1. The van der Waals surface area contributed by atoms with Crippen molar-refractivity contribution in [3.63, 3.8) is 0 Å². The van der Waals surface area contributed by atoms with E-state index < -0.39 is 0 Å². The Balaban J connectivity index is 1.79. The summed E-state index contributed by atoms with van der Waals surface area (Å²) < 4.78 is 5.48. The van der Waals surface area contributed by atoms with Gasteiger partial charge in [-0.25, -0.2) is 0 Å². The Kier molecular flexibility index (Phi) is 4.56. The minimum absolute atomic E-state index is 0.168. The van der Waals surface area contributed by atoms with Gasteiger partial charge in [-0.3, -0.25) is 4.79 Å². The van der Waals surface area contributed by atoms with E-state index in [4.69, 9.17) is 4.74 Å². The summed E-state index contributed by atoms with van der Waals surface area (Å²) >= 11 is 0. The molecule has 21 heavy (non-hydrogen) atoms. The molecular weight excluding hydrogens is 264 g/mol. The van der Waals surface area contributed by atoms with Crippen molar-refractivity contribution < 1.29 is 9.53 Å². The van der Waals surface area contributed by atoms with E-state index in [0.717, 1.165) is 50.9 Å². The number of nitrogens with one attached hydrogen (secondary N) is 2. The lowest BCUT2D eigenvalue weighted by Gasteiger charge is -2.38. The molecule has 0 bridgehead atoms. The zero-order chi connectivity index (χ0) is 14.5. The lowest BCUT2D eigenvalue weighted by molar-refractivity contribution is -0.129. The van der Waals surface area contributed by atoms with Crippen LogP contribution in [0.1, 0.15) is 31.2 Å². The first-order valence-corrected chi connectivity index (χ1v) is 7.96. The first kappa shape index (κ1) is 14.5. The highest BCUT2D eigenvalue weighted by Gasteiger charge is 2.41. The quantitative estimate of drug-likeness (QED) is 0.888. The molecule has 1 aromatic rings. The number of benzene rings is 1. The van der Waals surface area contributed by atoms with Crippen LogP contribution in [0.3, 0.4) is 0 Å². The van der Waals surface area contributed by atoms with Crippen molar-refractivity contribution in [3.8, 4) is 0 Å². The molecule has 0 saturated carbocycles. The molecule has 2 N–H and O–H groups in total. The second-order valence-electron chi connectivity index (χ2n) is 6.09. The van der Waals surface area contributed by atoms with Crippen LogP contribution < -0.4 is 10.6 Å². The number of amides is 1. The monoisotopic (exact) mass is 288 g/mol. The minimum atomic E-state index is -0.385. The summed E-state index contributed by atoms with van der Waals surface area (Å²) in [6.45, 7) is 3.25. The summed E-state index contributed by atoms with van der Waals surface area (Å²) in [5.41, 5.74) is 0.755. The third-order valence-corrected chi connectivity index (χ3v) is 4.71. The number of rotatable bonds is 3. The number of hydrogen-bond donors (Lipinski definition) is 2. The normalized spacial score (nSPS) is 25.2. The fourth-order valence-electron chi connectivity index (χ4n) is 3.44. The Bertz CT molecular complexity index is 463. The Morgan fingerprint density at radius 1 is 1.24 bits per heavy atom. The molecule has 0 aromatic heterocycles. The molecule has 0 aliphatic carbocycles. The molecule has 1 amide bonds. The Morgan fingerprint density at radius 3 is 2.67 bits per heavy atom. The molecule has 4 nitrogen and oxygen atoms in total. The zero-order valence-electron chi connectivity index (χ0n) is 12.4. The van der Waals surface area contributed by atoms with Crippen LogP contribution in [-0.2, 0) is 14.9 Å². The van der Waals surface area contributed by atoms with Gasteiger partial charge in [0.25, 0.3) is 0 Å². The van der Waals surface area contributed by atoms with Gasteiger partial charge in [-0.15, -0.1) is 0 Å². The van der Waals surface area contributed by atoms with Gasteiger partial charge in [0.05, 0.1) is 18.1 Å². The highest BCUT2D eigenvalue weighted by molar-refractivity contribution is 5.88. The van der Waals surface area contributed by atoms with Crippen molar-refractivity contribution in [3.05, 3.63) is 35.9 Å². The molecule has 1 aromatic carbocycles. The van der Waals surface area contributed by atoms with E-state index in [1.165, 1.54) is 0 Å². The van der Waals surface area contributed by atoms with Crippen molar-refractivity contribution >= 4 is 5.91 Å². The maximum absolute atomic E-state index is 13.0. The summed E-state index contributed by atoms with van der Waals surface area (Å²) in [6, 6.07) is 10.4. The Morgan fingerprint density at radius 2 is 2.00 bits per heavy atom. The molecule has 1 atom stereocenters. The van der Waals surface area contributed by atoms with Crippen molar-refractivity contribution in [2.24, 2.45) is 0 Å². The molecule has 0 spiro atoms. The number of carbonyl (C=O) groups is 1. The Hall–Kier alpha value is -1.39. The van der Waals surface area contributed by atoms with Crippen LogP contribution in [0.4, 0.5) is 0 Å². The van der Waals surface area contributed by atoms with Crippen LogP contribution in [0.25, 0.3) is 0 Å². The molecule has 0 radical (unpaired) electrons. The zero-order valence-corrected chi connectivity index (χ0v) is 12.4.